The molecule has 0 aliphatic carbocycles. The molecule has 0 spiro atoms. The molecule has 2 aromatic carbocycles. The first-order valence-corrected chi connectivity index (χ1v) is 9.30. The van der Waals surface area contributed by atoms with Crippen molar-refractivity contribution in [3.8, 4) is 11.5 Å². The summed E-state index contributed by atoms with van der Waals surface area (Å²) < 4.78 is 18.8. The highest BCUT2D eigenvalue weighted by Gasteiger charge is 2.26. The fraction of sp³-hybridized carbons (Fsp3) is 0.227. The average Bonchev–Trinajstić information content (AvgIpc) is 3.24. The summed E-state index contributed by atoms with van der Waals surface area (Å²) in [4.78, 5) is 14.2. The molecule has 1 aliphatic rings. The van der Waals surface area contributed by atoms with Crippen molar-refractivity contribution in [2.75, 3.05) is 13.1 Å². The van der Waals surface area contributed by atoms with Gasteiger partial charge in [-0.1, -0.05) is 30.3 Å². The molecule has 0 saturated carbocycles. The molecule has 2 heterocycles. The molecule has 6 heteroatoms. The summed E-state index contributed by atoms with van der Waals surface area (Å²) in [6, 6.07) is 15.7. The van der Waals surface area contributed by atoms with Crippen LogP contribution in [0.25, 0.3) is 17.5 Å². The van der Waals surface area contributed by atoms with Crippen molar-refractivity contribution in [2.45, 2.75) is 18.8 Å². The molecule has 1 fully saturated rings. The number of hydrogen-bond donors (Lipinski definition) is 0. The number of rotatable bonds is 4. The van der Waals surface area contributed by atoms with Gasteiger partial charge < -0.3 is 9.32 Å². The summed E-state index contributed by atoms with van der Waals surface area (Å²) in [5.74, 6) is 0.802. The normalized spacial score (nSPS) is 15.2. The standard InChI is InChI=1S/C22H20FN3O2/c23-19-9-7-17(8-10-19)21-24-25-22(28-21)18-12-14-26(15-13-18)20(27)11-6-16-4-2-1-3-5-16/h1-11,18H,12-15H2. The third kappa shape index (κ3) is 4.17. The van der Waals surface area contributed by atoms with Gasteiger partial charge >= 0.3 is 0 Å². The van der Waals surface area contributed by atoms with Gasteiger partial charge in [-0.05, 0) is 48.7 Å². The monoisotopic (exact) mass is 377 g/mol. The zero-order valence-electron chi connectivity index (χ0n) is 15.3. The Balaban J connectivity index is 1.35. The molecule has 1 amide bonds. The molecule has 1 saturated heterocycles. The fourth-order valence-electron chi connectivity index (χ4n) is 3.29. The molecule has 3 aromatic rings. The maximum absolute atomic E-state index is 13.0. The smallest absolute Gasteiger partial charge is 0.247 e. The second kappa shape index (κ2) is 8.17. The van der Waals surface area contributed by atoms with E-state index >= 15 is 0 Å². The number of hydrogen-bond acceptors (Lipinski definition) is 4. The van der Waals surface area contributed by atoms with Crippen LogP contribution >= 0.6 is 0 Å². The molecule has 4 rings (SSSR count). The Kier molecular flexibility index (Phi) is 5.28. The van der Waals surface area contributed by atoms with E-state index in [9.17, 15) is 9.18 Å². The van der Waals surface area contributed by atoms with E-state index in [1.54, 1.807) is 18.2 Å². The first-order valence-electron chi connectivity index (χ1n) is 9.30. The van der Waals surface area contributed by atoms with Crippen molar-refractivity contribution in [3.05, 3.63) is 77.9 Å². The molecule has 1 aromatic heterocycles. The van der Waals surface area contributed by atoms with E-state index < -0.39 is 0 Å². The average molecular weight is 377 g/mol. The highest BCUT2D eigenvalue weighted by atomic mass is 19.1. The summed E-state index contributed by atoms with van der Waals surface area (Å²) in [6.45, 7) is 1.30. The molecule has 0 bridgehead atoms. The number of amides is 1. The molecule has 1 aliphatic heterocycles. The maximum atomic E-state index is 13.0. The van der Waals surface area contributed by atoms with Gasteiger partial charge in [-0.25, -0.2) is 4.39 Å². The number of piperidine rings is 1. The fourth-order valence-corrected chi connectivity index (χ4v) is 3.29. The molecule has 5 nitrogen and oxygen atoms in total. The lowest BCUT2D eigenvalue weighted by atomic mass is 9.97. The topological polar surface area (TPSA) is 59.2 Å². The van der Waals surface area contributed by atoms with Crippen molar-refractivity contribution < 1.29 is 13.6 Å². The van der Waals surface area contributed by atoms with Gasteiger partial charge in [0.25, 0.3) is 0 Å². The van der Waals surface area contributed by atoms with Gasteiger partial charge in [0.1, 0.15) is 5.82 Å². The van der Waals surface area contributed by atoms with E-state index in [1.165, 1.54) is 12.1 Å². The molecular weight excluding hydrogens is 357 g/mol. The van der Waals surface area contributed by atoms with E-state index in [0.29, 0.717) is 30.4 Å². The maximum Gasteiger partial charge on any atom is 0.247 e. The Morgan fingerprint density at radius 2 is 1.75 bits per heavy atom. The number of benzene rings is 2. The minimum absolute atomic E-state index is 0.0137. The van der Waals surface area contributed by atoms with Crippen molar-refractivity contribution in [2.24, 2.45) is 0 Å². The quantitative estimate of drug-likeness (QED) is 0.636. The number of nitrogens with zero attached hydrogens (tertiary/aromatic N) is 3. The van der Waals surface area contributed by atoms with Gasteiger partial charge in [0.15, 0.2) is 0 Å². The Hall–Kier alpha value is -3.28. The summed E-state index contributed by atoms with van der Waals surface area (Å²) in [7, 11) is 0. The SMILES string of the molecule is O=C(C=Cc1ccccc1)N1CCC(c2nnc(-c3ccc(F)cc3)o2)CC1. The number of likely N-dealkylation sites (tertiary alicyclic amines) is 1. The minimum atomic E-state index is -0.304. The van der Waals surface area contributed by atoms with Crippen molar-refractivity contribution in [3.63, 3.8) is 0 Å². The van der Waals surface area contributed by atoms with Gasteiger partial charge in [-0.15, -0.1) is 10.2 Å². The number of halogens is 1. The lowest BCUT2D eigenvalue weighted by Gasteiger charge is -2.29. The van der Waals surface area contributed by atoms with E-state index in [2.05, 4.69) is 10.2 Å². The van der Waals surface area contributed by atoms with Gasteiger partial charge in [-0.3, -0.25) is 4.79 Å². The highest BCUT2D eigenvalue weighted by Crippen LogP contribution is 2.29. The van der Waals surface area contributed by atoms with Crippen LogP contribution in [0.1, 0.15) is 30.2 Å². The summed E-state index contributed by atoms with van der Waals surface area (Å²) >= 11 is 0. The van der Waals surface area contributed by atoms with E-state index in [4.69, 9.17) is 4.42 Å². The van der Waals surface area contributed by atoms with Crippen LogP contribution in [0.2, 0.25) is 0 Å². The Labute approximate surface area is 162 Å². The minimum Gasteiger partial charge on any atom is -0.420 e. The Bertz CT molecular complexity index is 959. The zero-order valence-corrected chi connectivity index (χ0v) is 15.3. The van der Waals surface area contributed by atoms with Crippen molar-refractivity contribution >= 4 is 12.0 Å². The van der Waals surface area contributed by atoms with Crippen LogP contribution in [0.3, 0.4) is 0 Å². The van der Waals surface area contributed by atoms with Crippen molar-refractivity contribution in [1.82, 2.24) is 15.1 Å². The highest BCUT2D eigenvalue weighted by molar-refractivity contribution is 5.91. The van der Waals surface area contributed by atoms with Gasteiger partial charge in [0, 0.05) is 30.6 Å². The van der Waals surface area contributed by atoms with E-state index in [0.717, 1.165) is 18.4 Å². The summed E-state index contributed by atoms with van der Waals surface area (Å²) in [6.07, 6.45) is 5.00. The van der Waals surface area contributed by atoms with Gasteiger partial charge in [0.05, 0.1) is 0 Å². The predicted molar refractivity (Wildman–Crippen MR) is 104 cm³/mol. The van der Waals surface area contributed by atoms with Crippen LogP contribution in [-0.2, 0) is 4.79 Å². The first kappa shape index (κ1) is 18.1. The Morgan fingerprint density at radius 3 is 2.46 bits per heavy atom. The first-order chi connectivity index (χ1) is 13.7. The zero-order chi connectivity index (χ0) is 19.3. The second-order valence-corrected chi connectivity index (χ2v) is 6.80. The predicted octanol–water partition coefficient (Wildman–Crippen LogP) is 4.30. The Morgan fingerprint density at radius 1 is 1.04 bits per heavy atom. The number of carbonyl (C=O) groups is 1. The molecule has 142 valence electrons. The molecule has 0 atom stereocenters. The molecule has 28 heavy (non-hydrogen) atoms. The van der Waals surface area contributed by atoms with Crippen LogP contribution < -0.4 is 0 Å². The molecule has 0 N–H and O–H groups in total. The van der Waals surface area contributed by atoms with Gasteiger partial charge in [-0.2, -0.15) is 0 Å². The number of carbonyl (C=O) groups excluding carboxylic acids is 1. The van der Waals surface area contributed by atoms with Crippen LogP contribution in [0, 0.1) is 5.82 Å². The van der Waals surface area contributed by atoms with Crippen LogP contribution in [0.4, 0.5) is 4.39 Å². The molecular formula is C22H20FN3O2. The number of aromatic nitrogens is 2. The van der Waals surface area contributed by atoms with Gasteiger partial charge in [0.2, 0.25) is 17.7 Å². The summed E-state index contributed by atoms with van der Waals surface area (Å²) in [5, 5.41) is 8.23. The van der Waals surface area contributed by atoms with E-state index in [1.807, 2.05) is 41.3 Å². The third-order valence-electron chi connectivity index (χ3n) is 4.91. The van der Waals surface area contributed by atoms with Crippen molar-refractivity contribution in [1.29, 1.82) is 0 Å². The summed E-state index contributed by atoms with van der Waals surface area (Å²) in [5.41, 5.74) is 1.70. The van der Waals surface area contributed by atoms with Crippen LogP contribution in [-0.4, -0.2) is 34.1 Å². The molecule has 0 unspecified atom stereocenters. The lowest BCUT2D eigenvalue weighted by molar-refractivity contribution is -0.127. The van der Waals surface area contributed by atoms with Crippen LogP contribution in [0.15, 0.2) is 65.1 Å². The van der Waals surface area contributed by atoms with E-state index in [-0.39, 0.29) is 17.6 Å². The van der Waals surface area contributed by atoms with Crippen LogP contribution in [0.5, 0.6) is 0 Å². The third-order valence-corrected chi connectivity index (χ3v) is 4.91. The molecule has 0 radical (unpaired) electrons. The second-order valence-electron chi connectivity index (χ2n) is 6.80. The lowest BCUT2D eigenvalue weighted by Crippen LogP contribution is -2.36. The largest absolute Gasteiger partial charge is 0.420 e.